The van der Waals surface area contributed by atoms with Crippen LogP contribution in [-0.2, 0) is 4.74 Å². The Labute approximate surface area is 126 Å². The smallest absolute Gasteiger partial charge is 0.161 e. The Hall–Kier alpha value is -0.480. The fraction of sp³-hybridized carbons (Fsp3) is 0.812. The van der Waals surface area contributed by atoms with Crippen LogP contribution in [-0.4, -0.2) is 29.7 Å². The molecular weight excluding hydrogens is 268 g/mol. The van der Waals surface area contributed by atoms with Crippen LogP contribution >= 0.6 is 11.8 Å². The van der Waals surface area contributed by atoms with Crippen molar-refractivity contribution in [2.24, 2.45) is 16.8 Å². The van der Waals surface area contributed by atoms with Crippen LogP contribution in [0, 0.1) is 11.8 Å². The lowest BCUT2D eigenvalue weighted by atomic mass is 9.89. The topological polar surface area (TPSA) is 33.6 Å². The van der Waals surface area contributed by atoms with E-state index in [0.717, 1.165) is 43.0 Å². The van der Waals surface area contributed by atoms with Crippen LogP contribution in [0.4, 0.5) is 0 Å². The molecule has 0 radical (unpaired) electrons. The molecular formula is C16H26N2OS. The molecule has 3 nitrogen and oxygen atoms in total. The summed E-state index contributed by atoms with van der Waals surface area (Å²) in [4.78, 5) is 4.83. The molecule has 3 aliphatic rings. The molecule has 2 unspecified atom stereocenters. The van der Waals surface area contributed by atoms with Gasteiger partial charge in [0, 0.05) is 24.8 Å². The highest BCUT2D eigenvalue weighted by Gasteiger charge is 2.45. The standard InChI is InChI=1S/C16H26N2OS/c1-12-16(2,14-8-9-19-11-14)20-15(18-12)17-10-13-6-4-3-5-7-13/h13-14H,1,3-11H2,2H3,(H,17,18). The lowest BCUT2D eigenvalue weighted by molar-refractivity contribution is 0.181. The number of thioether (sulfide) groups is 1. The van der Waals surface area contributed by atoms with Crippen molar-refractivity contribution in [1.29, 1.82) is 0 Å². The fourth-order valence-electron chi connectivity index (χ4n) is 3.49. The number of nitrogens with one attached hydrogen (secondary N) is 1. The van der Waals surface area contributed by atoms with E-state index < -0.39 is 0 Å². The summed E-state index contributed by atoms with van der Waals surface area (Å²) in [5.74, 6) is 1.36. The highest BCUT2D eigenvalue weighted by Crippen LogP contribution is 2.46. The van der Waals surface area contributed by atoms with E-state index in [2.05, 4.69) is 18.8 Å². The second-order valence-electron chi connectivity index (χ2n) is 6.52. The molecule has 4 heteroatoms. The fourth-order valence-corrected chi connectivity index (χ4v) is 4.74. The van der Waals surface area contributed by atoms with Gasteiger partial charge in [-0.05, 0) is 32.1 Å². The molecule has 0 bridgehead atoms. The molecule has 2 atom stereocenters. The molecule has 1 aliphatic carbocycles. The van der Waals surface area contributed by atoms with E-state index >= 15 is 0 Å². The molecule has 3 rings (SSSR count). The Morgan fingerprint density at radius 3 is 2.85 bits per heavy atom. The summed E-state index contributed by atoms with van der Waals surface area (Å²) >= 11 is 1.87. The highest BCUT2D eigenvalue weighted by molar-refractivity contribution is 8.15. The molecule has 0 amide bonds. The summed E-state index contributed by atoms with van der Waals surface area (Å²) < 4.78 is 5.61. The molecule has 0 aromatic carbocycles. The molecule has 0 aromatic rings. The zero-order valence-electron chi connectivity index (χ0n) is 12.5. The van der Waals surface area contributed by atoms with Crippen molar-refractivity contribution >= 4 is 16.9 Å². The average Bonchev–Trinajstić information content (AvgIpc) is 3.08. The maximum Gasteiger partial charge on any atom is 0.161 e. The minimum absolute atomic E-state index is 0.0574. The molecule has 0 aromatic heterocycles. The lowest BCUT2D eigenvalue weighted by Crippen LogP contribution is -2.32. The average molecular weight is 294 g/mol. The molecule has 2 aliphatic heterocycles. The quantitative estimate of drug-likeness (QED) is 0.864. The van der Waals surface area contributed by atoms with E-state index in [1.165, 1.54) is 32.1 Å². The minimum Gasteiger partial charge on any atom is -0.381 e. The predicted molar refractivity (Wildman–Crippen MR) is 86.1 cm³/mol. The summed E-state index contributed by atoms with van der Waals surface area (Å²) in [5.41, 5.74) is 1.11. The van der Waals surface area contributed by atoms with Gasteiger partial charge in [0.05, 0.1) is 11.4 Å². The molecule has 0 spiro atoms. The Morgan fingerprint density at radius 2 is 2.15 bits per heavy atom. The molecule has 3 fully saturated rings. The molecule has 2 heterocycles. The third-order valence-corrected chi connectivity index (χ3v) is 6.52. The van der Waals surface area contributed by atoms with Gasteiger partial charge in [-0.15, -0.1) is 0 Å². The van der Waals surface area contributed by atoms with Gasteiger partial charge in [-0.25, -0.2) is 0 Å². The van der Waals surface area contributed by atoms with Gasteiger partial charge in [-0.2, -0.15) is 0 Å². The summed E-state index contributed by atoms with van der Waals surface area (Å²) in [6, 6.07) is 0. The van der Waals surface area contributed by atoms with Gasteiger partial charge in [-0.3, -0.25) is 4.99 Å². The molecule has 1 saturated carbocycles. The van der Waals surface area contributed by atoms with Gasteiger partial charge in [0.2, 0.25) is 0 Å². The van der Waals surface area contributed by atoms with Crippen molar-refractivity contribution in [2.45, 2.75) is 50.2 Å². The number of hydrogen-bond acceptors (Lipinski definition) is 3. The van der Waals surface area contributed by atoms with Crippen molar-refractivity contribution in [3.8, 4) is 0 Å². The Morgan fingerprint density at radius 1 is 1.35 bits per heavy atom. The Kier molecular flexibility index (Phi) is 4.41. The predicted octanol–water partition coefficient (Wildman–Crippen LogP) is 3.57. The van der Waals surface area contributed by atoms with Crippen LogP contribution in [0.25, 0.3) is 0 Å². The molecule has 112 valence electrons. The number of hydrogen-bond donors (Lipinski definition) is 1. The first-order valence-electron chi connectivity index (χ1n) is 7.96. The van der Waals surface area contributed by atoms with Crippen molar-refractivity contribution in [3.05, 3.63) is 12.3 Å². The largest absolute Gasteiger partial charge is 0.381 e. The molecule has 2 saturated heterocycles. The summed E-state index contributed by atoms with van der Waals surface area (Å²) in [6.07, 6.45) is 8.04. The van der Waals surface area contributed by atoms with Gasteiger partial charge in [0.1, 0.15) is 0 Å². The van der Waals surface area contributed by atoms with Gasteiger partial charge in [0.25, 0.3) is 0 Å². The first kappa shape index (κ1) is 14.5. The van der Waals surface area contributed by atoms with E-state index in [1.54, 1.807) is 0 Å². The third kappa shape index (κ3) is 2.91. The monoisotopic (exact) mass is 294 g/mol. The van der Waals surface area contributed by atoms with Crippen molar-refractivity contribution < 1.29 is 4.74 Å². The van der Waals surface area contributed by atoms with Crippen LogP contribution in [0.5, 0.6) is 0 Å². The maximum atomic E-state index is 5.55. The van der Waals surface area contributed by atoms with Crippen molar-refractivity contribution in [2.75, 3.05) is 19.8 Å². The second-order valence-corrected chi connectivity index (χ2v) is 7.96. The zero-order chi connectivity index (χ0) is 14.0. The minimum atomic E-state index is 0.0574. The first-order chi connectivity index (χ1) is 9.68. The maximum absolute atomic E-state index is 5.55. The SMILES string of the molecule is C=C1NC(=NCC2CCCCC2)SC1(C)C1CCOC1. The summed E-state index contributed by atoms with van der Waals surface area (Å²) in [5, 5.41) is 4.50. The van der Waals surface area contributed by atoms with Crippen LogP contribution in [0.1, 0.15) is 45.4 Å². The van der Waals surface area contributed by atoms with Crippen LogP contribution in [0.3, 0.4) is 0 Å². The van der Waals surface area contributed by atoms with Gasteiger partial charge >= 0.3 is 0 Å². The van der Waals surface area contributed by atoms with E-state index in [9.17, 15) is 0 Å². The van der Waals surface area contributed by atoms with Crippen LogP contribution in [0.15, 0.2) is 17.3 Å². The van der Waals surface area contributed by atoms with E-state index in [-0.39, 0.29) is 4.75 Å². The molecule has 20 heavy (non-hydrogen) atoms. The van der Waals surface area contributed by atoms with E-state index in [1.807, 2.05) is 11.8 Å². The van der Waals surface area contributed by atoms with E-state index in [4.69, 9.17) is 9.73 Å². The number of nitrogens with zero attached hydrogens (tertiary/aromatic N) is 1. The van der Waals surface area contributed by atoms with Crippen LogP contribution in [0.2, 0.25) is 0 Å². The second kappa shape index (κ2) is 6.10. The van der Waals surface area contributed by atoms with Gasteiger partial charge in [0.15, 0.2) is 5.17 Å². The zero-order valence-corrected chi connectivity index (χ0v) is 13.3. The lowest BCUT2D eigenvalue weighted by Gasteiger charge is -2.28. The Bertz CT molecular complexity index is 397. The number of amidine groups is 1. The van der Waals surface area contributed by atoms with Crippen molar-refractivity contribution in [1.82, 2.24) is 5.32 Å². The van der Waals surface area contributed by atoms with Gasteiger partial charge < -0.3 is 10.1 Å². The number of ether oxygens (including phenoxy) is 1. The molecule has 1 N–H and O–H groups in total. The van der Waals surface area contributed by atoms with Crippen molar-refractivity contribution in [3.63, 3.8) is 0 Å². The number of rotatable bonds is 3. The van der Waals surface area contributed by atoms with Gasteiger partial charge in [-0.1, -0.05) is 37.6 Å². The Balaban J connectivity index is 1.60. The summed E-state index contributed by atoms with van der Waals surface area (Å²) in [7, 11) is 0. The number of aliphatic imine (C=N–C) groups is 1. The normalized spacial score (nSPS) is 37.5. The summed E-state index contributed by atoms with van der Waals surface area (Å²) in [6.45, 7) is 9.25. The highest BCUT2D eigenvalue weighted by atomic mass is 32.2. The van der Waals surface area contributed by atoms with Crippen LogP contribution < -0.4 is 5.32 Å². The first-order valence-corrected chi connectivity index (χ1v) is 8.78. The third-order valence-electron chi connectivity index (χ3n) is 5.09. The van der Waals surface area contributed by atoms with E-state index in [0.29, 0.717) is 5.92 Å².